The Morgan fingerprint density at radius 2 is 2.00 bits per heavy atom. The SMILES string of the molecule is CCCNCc1ccccc1N(C)CCOC(C)C. The molecule has 0 amide bonds. The van der Waals surface area contributed by atoms with E-state index >= 15 is 0 Å². The van der Waals surface area contributed by atoms with Crippen LogP contribution in [0.4, 0.5) is 5.69 Å². The first-order valence-electron chi connectivity index (χ1n) is 7.26. The number of anilines is 1. The normalized spacial score (nSPS) is 11.0. The molecule has 1 aromatic carbocycles. The van der Waals surface area contributed by atoms with Gasteiger partial charge in [0.2, 0.25) is 0 Å². The van der Waals surface area contributed by atoms with Crippen LogP contribution in [-0.2, 0) is 11.3 Å². The van der Waals surface area contributed by atoms with Crippen LogP contribution >= 0.6 is 0 Å². The van der Waals surface area contributed by atoms with Gasteiger partial charge in [0.25, 0.3) is 0 Å². The number of rotatable bonds is 9. The van der Waals surface area contributed by atoms with Crippen molar-refractivity contribution in [3.8, 4) is 0 Å². The topological polar surface area (TPSA) is 24.5 Å². The molecule has 0 aliphatic carbocycles. The molecule has 0 saturated carbocycles. The second-order valence-corrected chi connectivity index (χ2v) is 5.15. The van der Waals surface area contributed by atoms with Crippen molar-refractivity contribution in [1.29, 1.82) is 0 Å². The number of para-hydroxylation sites is 1. The van der Waals surface area contributed by atoms with Crippen molar-refractivity contribution >= 4 is 5.69 Å². The molecule has 3 heteroatoms. The predicted molar refractivity (Wildman–Crippen MR) is 82.8 cm³/mol. The molecule has 0 radical (unpaired) electrons. The van der Waals surface area contributed by atoms with Gasteiger partial charge in [0.05, 0.1) is 12.7 Å². The molecule has 0 aromatic heterocycles. The summed E-state index contributed by atoms with van der Waals surface area (Å²) >= 11 is 0. The van der Waals surface area contributed by atoms with Gasteiger partial charge in [0, 0.05) is 25.8 Å². The zero-order chi connectivity index (χ0) is 14.1. The van der Waals surface area contributed by atoms with Gasteiger partial charge in [-0.1, -0.05) is 25.1 Å². The molecule has 1 rings (SSSR count). The minimum absolute atomic E-state index is 0.301. The molecule has 0 spiro atoms. The zero-order valence-electron chi connectivity index (χ0n) is 12.8. The Labute approximate surface area is 118 Å². The van der Waals surface area contributed by atoms with Gasteiger partial charge < -0.3 is 15.0 Å². The van der Waals surface area contributed by atoms with Crippen molar-refractivity contribution in [2.45, 2.75) is 39.8 Å². The third-order valence-corrected chi connectivity index (χ3v) is 3.02. The highest BCUT2D eigenvalue weighted by Crippen LogP contribution is 2.18. The summed E-state index contributed by atoms with van der Waals surface area (Å²) in [6, 6.07) is 8.57. The van der Waals surface area contributed by atoms with E-state index in [9.17, 15) is 0 Å². The van der Waals surface area contributed by atoms with Crippen molar-refractivity contribution in [2.75, 3.05) is 31.6 Å². The molecule has 3 nitrogen and oxygen atoms in total. The van der Waals surface area contributed by atoms with Crippen LogP contribution in [0.1, 0.15) is 32.8 Å². The number of benzene rings is 1. The van der Waals surface area contributed by atoms with E-state index in [-0.39, 0.29) is 0 Å². The van der Waals surface area contributed by atoms with Gasteiger partial charge in [-0.05, 0) is 38.4 Å². The van der Waals surface area contributed by atoms with E-state index in [4.69, 9.17) is 4.74 Å². The molecule has 1 aromatic rings. The van der Waals surface area contributed by atoms with E-state index in [1.54, 1.807) is 0 Å². The first kappa shape index (κ1) is 16.0. The molecular weight excluding hydrogens is 236 g/mol. The largest absolute Gasteiger partial charge is 0.377 e. The summed E-state index contributed by atoms with van der Waals surface area (Å²) in [4.78, 5) is 2.27. The van der Waals surface area contributed by atoms with E-state index in [2.05, 4.69) is 62.3 Å². The number of hydrogen-bond acceptors (Lipinski definition) is 3. The van der Waals surface area contributed by atoms with Crippen molar-refractivity contribution < 1.29 is 4.74 Å². The number of nitrogens with zero attached hydrogens (tertiary/aromatic N) is 1. The molecule has 0 heterocycles. The molecule has 1 N–H and O–H groups in total. The molecule has 0 fully saturated rings. The molecule has 0 bridgehead atoms. The second kappa shape index (κ2) is 8.94. The van der Waals surface area contributed by atoms with Gasteiger partial charge in [-0.25, -0.2) is 0 Å². The highest BCUT2D eigenvalue weighted by atomic mass is 16.5. The van der Waals surface area contributed by atoms with Crippen LogP contribution in [0, 0.1) is 0 Å². The van der Waals surface area contributed by atoms with Crippen LogP contribution in [-0.4, -0.2) is 32.8 Å². The van der Waals surface area contributed by atoms with Crippen LogP contribution in [0.5, 0.6) is 0 Å². The Balaban J connectivity index is 2.54. The first-order valence-corrected chi connectivity index (χ1v) is 7.26. The van der Waals surface area contributed by atoms with Gasteiger partial charge in [-0.15, -0.1) is 0 Å². The van der Waals surface area contributed by atoms with Gasteiger partial charge in [0.1, 0.15) is 0 Å². The quantitative estimate of drug-likeness (QED) is 0.694. The summed E-state index contributed by atoms with van der Waals surface area (Å²) < 4.78 is 5.62. The molecule has 108 valence electrons. The number of ether oxygens (including phenoxy) is 1. The van der Waals surface area contributed by atoms with Crippen molar-refractivity contribution in [3.05, 3.63) is 29.8 Å². The maximum atomic E-state index is 5.62. The Morgan fingerprint density at radius 3 is 2.68 bits per heavy atom. The minimum Gasteiger partial charge on any atom is -0.377 e. The first-order chi connectivity index (χ1) is 9.15. The van der Waals surface area contributed by atoms with Crippen molar-refractivity contribution in [3.63, 3.8) is 0 Å². The lowest BCUT2D eigenvalue weighted by Gasteiger charge is -2.23. The fourth-order valence-electron chi connectivity index (χ4n) is 1.98. The lowest BCUT2D eigenvalue weighted by Crippen LogP contribution is -2.26. The maximum absolute atomic E-state index is 5.62. The second-order valence-electron chi connectivity index (χ2n) is 5.15. The summed E-state index contributed by atoms with van der Waals surface area (Å²) in [7, 11) is 2.13. The molecular formula is C16H28N2O. The smallest absolute Gasteiger partial charge is 0.0644 e. The summed E-state index contributed by atoms with van der Waals surface area (Å²) in [5.41, 5.74) is 2.64. The number of hydrogen-bond donors (Lipinski definition) is 1. The van der Waals surface area contributed by atoms with Crippen LogP contribution in [0.15, 0.2) is 24.3 Å². The Bertz CT molecular complexity index is 352. The average Bonchev–Trinajstić information content (AvgIpc) is 2.39. The predicted octanol–water partition coefficient (Wildman–Crippen LogP) is 3.05. The number of nitrogens with one attached hydrogen (secondary N) is 1. The van der Waals surface area contributed by atoms with Crippen LogP contribution in [0.3, 0.4) is 0 Å². The van der Waals surface area contributed by atoms with Gasteiger partial charge in [-0.3, -0.25) is 0 Å². The zero-order valence-corrected chi connectivity index (χ0v) is 12.8. The standard InChI is InChI=1S/C16H28N2O/c1-5-10-17-13-15-8-6-7-9-16(15)18(4)11-12-19-14(2)3/h6-9,14,17H,5,10-13H2,1-4H3. The third kappa shape index (κ3) is 6.08. The van der Waals surface area contributed by atoms with E-state index in [1.165, 1.54) is 17.7 Å². The molecule has 0 aliphatic rings. The molecule has 0 aliphatic heterocycles. The highest BCUT2D eigenvalue weighted by Gasteiger charge is 2.06. The van der Waals surface area contributed by atoms with E-state index in [0.717, 1.165) is 26.2 Å². The fraction of sp³-hybridized carbons (Fsp3) is 0.625. The van der Waals surface area contributed by atoms with Crippen molar-refractivity contribution in [2.24, 2.45) is 0 Å². The van der Waals surface area contributed by atoms with Crippen LogP contribution < -0.4 is 10.2 Å². The van der Waals surface area contributed by atoms with E-state index in [1.807, 2.05) is 0 Å². The summed E-state index contributed by atoms with van der Waals surface area (Å²) in [5.74, 6) is 0. The van der Waals surface area contributed by atoms with Crippen LogP contribution in [0.2, 0.25) is 0 Å². The fourth-order valence-corrected chi connectivity index (χ4v) is 1.98. The van der Waals surface area contributed by atoms with E-state index < -0.39 is 0 Å². The summed E-state index contributed by atoms with van der Waals surface area (Å²) in [6.45, 7) is 10.0. The molecule has 0 atom stereocenters. The molecule has 19 heavy (non-hydrogen) atoms. The van der Waals surface area contributed by atoms with Crippen LogP contribution in [0.25, 0.3) is 0 Å². The Hall–Kier alpha value is -1.06. The highest BCUT2D eigenvalue weighted by molar-refractivity contribution is 5.52. The molecule has 0 saturated heterocycles. The lowest BCUT2D eigenvalue weighted by molar-refractivity contribution is 0.0846. The molecule has 0 unspecified atom stereocenters. The monoisotopic (exact) mass is 264 g/mol. The van der Waals surface area contributed by atoms with Gasteiger partial charge >= 0.3 is 0 Å². The van der Waals surface area contributed by atoms with Gasteiger partial charge in [-0.2, -0.15) is 0 Å². The summed E-state index contributed by atoms with van der Waals surface area (Å²) in [5, 5.41) is 3.46. The maximum Gasteiger partial charge on any atom is 0.0644 e. The van der Waals surface area contributed by atoms with Crippen molar-refractivity contribution in [1.82, 2.24) is 5.32 Å². The number of likely N-dealkylation sites (N-methyl/N-ethyl adjacent to an activating group) is 1. The Morgan fingerprint density at radius 1 is 1.26 bits per heavy atom. The lowest BCUT2D eigenvalue weighted by atomic mass is 10.1. The average molecular weight is 264 g/mol. The van der Waals surface area contributed by atoms with E-state index in [0.29, 0.717) is 6.10 Å². The third-order valence-electron chi connectivity index (χ3n) is 3.02. The minimum atomic E-state index is 0.301. The summed E-state index contributed by atoms with van der Waals surface area (Å²) in [6.07, 6.45) is 1.47. The van der Waals surface area contributed by atoms with Gasteiger partial charge in [0.15, 0.2) is 0 Å². The Kier molecular flexibility index (Phi) is 7.53.